The molecule has 0 aliphatic rings. The highest BCUT2D eigenvalue weighted by molar-refractivity contribution is 5.59. The minimum atomic E-state index is 0.413. The zero-order chi connectivity index (χ0) is 18.8. The lowest BCUT2D eigenvalue weighted by Gasteiger charge is -2.04. The van der Waals surface area contributed by atoms with Crippen LogP contribution in [-0.4, -0.2) is 32.2 Å². The first-order valence-corrected chi connectivity index (χ1v) is 8.58. The zero-order valence-corrected chi connectivity index (χ0v) is 15.4. The van der Waals surface area contributed by atoms with Crippen molar-refractivity contribution in [2.45, 2.75) is 20.4 Å². The van der Waals surface area contributed by atoms with E-state index in [0.29, 0.717) is 24.0 Å². The Labute approximate surface area is 156 Å². The number of aryl methyl sites for hydroxylation is 1. The summed E-state index contributed by atoms with van der Waals surface area (Å²) in [5, 5.41) is 12.6. The van der Waals surface area contributed by atoms with E-state index in [1.165, 1.54) is 5.56 Å². The maximum atomic E-state index is 5.41. The van der Waals surface area contributed by atoms with Crippen molar-refractivity contribution in [2.24, 2.45) is 0 Å². The lowest BCUT2D eigenvalue weighted by molar-refractivity contribution is 0.413. The molecule has 2 aromatic heterocycles. The van der Waals surface area contributed by atoms with Gasteiger partial charge >= 0.3 is 0 Å². The van der Waals surface area contributed by atoms with Crippen LogP contribution in [0.25, 0.3) is 23.0 Å². The highest BCUT2D eigenvalue weighted by Gasteiger charge is 2.18. The van der Waals surface area contributed by atoms with Gasteiger partial charge in [-0.25, -0.2) is 4.68 Å². The molecule has 0 unspecified atom stereocenters. The van der Waals surface area contributed by atoms with E-state index in [2.05, 4.69) is 51.6 Å². The predicted molar refractivity (Wildman–Crippen MR) is 100 cm³/mol. The summed E-state index contributed by atoms with van der Waals surface area (Å²) < 4.78 is 12.5. The first kappa shape index (κ1) is 17.0. The molecule has 0 N–H and O–H groups in total. The molecule has 2 heterocycles. The summed E-state index contributed by atoms with van der Waals surface area (Å²) >= 11 is 0. The third-order valence-electron chi connectivity index (χ3n) is 4.39. The van der Waals surface area contributed by atoms with Crippen LogP contribution < -0.4 is 4.74 Å². The van der Waals surface area contributed by atoms with Gasteiger partial charge in [0.05, 0.1) is 19.3 Å². The van der Waals surface area contributed by atoms with Gasteiger partial charge in [-0.05, 0) is 37.6 Å². The van der Waals surface area contributed by atoms with Gasteiger partial charge in [-0.2, -0.15) is 4.98 Å². The van der Waals surface area contributed by atoms with Gasteiger partial charge in [0.2, 0.25) is 5.82 Å². The van der Waals surface area contributed by atoms with E-state index in [0.717, 1.165) is 22.6 Å². The Kier molecular flexibility index (Phi) is 4.42. The summed E-state index contributed by atoms with van der Waals surface area (Å²) in [5.41, 5.74) is 4.67. The first-order valence-electron chi connectivity index (χ1n) is 8.58. The second-order valence-electron chi connectivity index (χ2n) is 6.32. The van der Waals surface area contributed by atoms with Gasteiger partial charge in [0.1, 0.15) is 5.75 Å². The molecule has 0 bridgehead atoms. The highest BCUT2D eigenvalue weighted by Crippen LogP contribution is 2.25. The smallest absolute Gasteiger partial charge is 0.258 e. The molecular formula is C20H19N5O2. The normalized spacial score (nSPS) is 10.9. The molecule has 7 heteroatoms. The van der Waals surface area contributed by atoms with Crippen molar-refractivity contribution < 1.29 is 9.26 Å². The Morgan fingerprint density at radius 2 is 1.89 bits per heavy atom. The molecule has 0 radical (unpaired) electrons. The number of nitrogens with zero attached hydrogens (tertiary/aromatic N) is 5. The van der Waals surface area contributed by atoms with Crippen molar-refractivity contribution in [3.8, 4) is 28.7 Å². The molecule has 7 nitrogen and oxygen atoms in total. The lowest BCUT2D eigenvalue weighted by atomic mass is 10.1. The summed E-state index contributed by atoms with van der Waals surface area (Å²) in [4.78, 5) is 4.47. The molecule has 136 valence electrons. The van der Waals surface area contributed by atoms with Gasteiger partial charge in [0.25, 0.3) is 5.89 Å². The minimum absolute atomic E-state index is 0.413. The van der Waals surface area contributed by atoms with Crippen molar-refractivity contribution in [3.05, 3.63) is 65.4 Å². The molecule has 0 aliphatic heterocycles. The highest BCUT2D eigenvalue weighted by atomic mass is 16.5. The van der Waals surface area contributed by atoms with Crippen molar-refractivity contribution in [1.29, 1.82) is 0 Å². The Hall–Kier alpha value is -3.48. The maximum Gasteiger partial charge on any atom is 0.258 e. The van der Waals surface area contributed by atoms with Gasteiger partial charge in [0.15, 0.2) is 5.69 Å². The van der Waals surface area contributed by atoms with Crippen molar-refractivity contribution in [3.63, 3.8) is 0 Å². The number of benzene rings is 2. The Balaban J connectivity index is 1.60. The predicted octanol–water partition coefficient (Wildman–Crippen LogP) is 3.67. The van der Waals surface area contributed by atoms with Gasteiger partial charge in [0, 0.05) is 5.56 Å². The van der Waals surface area contributed by atoms with Gasteiger partial charge in [-0.1, -0.05) is 46.3 Å². The van der Waals surface area contributed by atoms with Crippen molar-refractivity contribution in [2.75, 3.05) is 7.11 Å². The van der Waals surface area contributed by atoms with Crippen LogP contribution in [0.5, 0.6) is 5.75 Å². The van der Waals surface area contributed by atoms with Gasteiger partial charge in [-0.15, -0.1) is 5.10 Å². The van der Waals surface area contributed by atoms with E-state index in [-0.39, 0.29) is 0 Å². The third-order valence-corrected chi connectivity index (χ3v) is 4.39. The van der Waals surface area contributed by atoms with E-state index >= 15 is 0 Å². The minimum Gasteiger partial charge on any atom is -0.497 e. The zero-order valence-electron chi connectivity index (χ0n) is 15.4. The molecule has 2 aromatic carbocycles. The number of methoxy groups -OCH3 is 1. The van der Waals surface area contributed by atoms with Crippen LogP contribution >= 0.6 is 0 Å². The van der Waals surface area contributed by atoms with Gasteiger partial charge in [-0.3, -0.25) is 0 Å². The molecular weight excluding hydrogens is 342 g/mol. The fraction of sp³-hybridized carbons (Fsp3) is 0.200. The Morgan fingerprint density at radius 3 is 2.67 bits per heavy atom. The van der Waals surface area contributed by atoms with E-state index in [9.17, 15) is 0 Å². The quantitative estimate of drug-likeness (QED) is 0.540. The average molecular weight is 361 g/mol. The molecule has 0 amide bonds. The van der Waals surface area contributed by atoms with Crippen LogP contribution in [0.4, 0.5) is 0 Å². The van der Waals surface area contributed by atoms with Crippen LogP contribution in [-0.2, 0) is 6.54 Å². The van der Waals surface area contributed by atoms with E-state index in [4.69, 9.17) is 9.26 Å². The Morgan fingerprint density at radius 1 is 1.07 bits per heavy atom. The second-order valence-corrected chi connectivity index (χ2v) is 6.32. The topological polar surface area (TPSA) is 78.9 Å². The van der Waals surface area contributed by atoms with Crippen LogP contribution in [0.3, 0.4) is 0 Å². The molecule has 0 spiro atoms. The number of ether oxygens (including phenoxy) is 1. The number of hydrogen-bond acceptors (Lipinski definition) is 6. The number of rotatable bonds is 5. The van der Waals surface area contributed by atoms with E-state index < -0.39 is 0 Å². The van der Waals surface area contributed by atoms with Crippen LogP contribution in [0.15, 0.2) is 53.1 Å². The van der Waals surface area contributed by atoms with E-state index in [1.54, 1.807) is 7.11 Å². The summed E-state index contributed by atoms with van der Waals surface area (Å²) in [6.45, 7) is 4.66. The SMILES string of the molecule is COc1cccc(-c2nc(-c3nnn(Cc4ccc(C)cc4)c3C)no2)c1. The molecule has 27 heavy (non-hydrogen) atoms. The molecule has 0 fully saturated rings. The average Bonchev–Trinajstić information content (AvgIpc) is 3.31. The molecule has 0 saturated heterocycles. The summed E-state index contributed by atoms with van der Waals surface area (Å²) in [5.74, 6) is 1.56. The van der Waals surface area contributed by atoms with Gasteiger partial charge < -0.3 is 9.26 Å². The summed E-state index contributed by atoms with van der Waals surface area (Å²) in [6, 6.07) is 15.8. The third kappa shape index (κ3) is 3.44. The first-order chi connectivity index (χ1) is 13.1. The van der Waals surface area contributed by atoms with Crippen LogP contribution in [0, 0.1) is 13.8 Å². The molecule has 0 aliphatic carbocycles. The molecule has 0 saturated carbocycles. The number of aromatic nitrogens is 5. The van der Waals surface area contributed by atoms with Crippen molar-refractivity contribution in [1.82, 2.24) is 25.1 Å². The van der Waals surface area contributed by atoms with Crippen molar-refractivity contribution >= 4 is 0 Å². The van der Waals surface area contributed by atoms with Crippen LogP contribution in [0.1, 0.15) is 16.8 Å². The Bertz CT molecular complexity index is 1070. The van der Waals surface area contributed by atoms with Crippen LogP contribution in [0.2, 0.25) is 0 Å². The fourth-order valence-electron chi connectivity index (χ4n) is 2.78. The fourth-order valence-corrected chi connectivity index (χ4v) is 2.78. The molecule has 0 atom stereocenters. The second kappa shape index (κ2) is 7.03. The number of hydrogen-bond donors (Lipinski definition) is 0. The largest absolute Gasteiger partial charge is 0.497 e. The summed E-state index contributed by atoms with van der Waals surface area (Å²) in [7, 11) is 1.62. The molecule has 4 rings (SSSR count). The molecule has 4 aromatic rings. The maximum absolute atomic E-state index is 5.41. The summed E-state index contributed by atoms with van der Waals surface area (Å²) in [6.07, 6.45) is 0. The monoisotopic (exact) mass is 361 g/mol. The van der Waals surface area contributed by atoms with E-state index in [1.807, 2.05) is 35.9 Å². The standard InChI is InChI=1S/C20H19N5O2/c1-13-7-9-15(10-8-13)12-25-14(2)18(22-24-25)19-21-20(27-23-19)16-5-4-6-17(11-16)26-3/h4-11H,12H2,1-3H3. The lowest BCUT2D eigenvalue weighted by Crippen LogP contribution is -2.04.